The molecule has 5 heteroatoms. The molecular weight excluding hydrogens is 258 g/mol. The quantitative estimate of drug-likeness (QED) is 0.809. The molecule has 1 amide bonds. The van der Waals surface area contributed by atoms with Crippen LogP contribution in [-0.4, -0.2) is 41.9 Å². The Morgan fingerprint density at radius 1 is 1.47 bits per heavy atom. The second-order valence-electron chi connectivity index (χ2n) is 3.57. The van der Waals surface area contributed by atoms with E-state index in [9.17, 15) is 4.79 Å². The van der Waals surface area contributed by atoms with Gasteiger partial charge in [0, 0.05) is 30.7 Å². The number of carbonyl (C=O) groups excluding carboxylic acids is 1. The number of nitrogens with zero attached hydrogens (tertiary/aromatic N) is 1. The van der Waals surface area contributed by atoms with Crippen LogP contribution in [0.25, 0.3) is 0 Å². The van der Waals surface area contributed by atoms with Crippen molar-refractivity contribution < 1.29 is 9.90 Å². The van der Waals surface area contributed by atoms with Gasteiger partial charge in [0.1, 0.15) is 0 Å². The zero-order chi connectivity index (χ0) is 12.7. The first-order valence-corrected chi connectivity index (χ1v) is 6.73. The number of rotatable bonds is 6. The molecule has 0 spiro atoms. The van der Waals surface area contributed by atoms with Gasteiger partial charge in [-0.3, -0.25) is 4.79 Å². The third kappa shape index (κ3) is 4.98. The van der Waals surface area contributed by atoms with Gasteiger partial charge in [-0.1, -0.05) is 23.7 Å². The normalized spacial score (nSPS) is 10.3. The predicted octanol–water partition coefficient (Wildman–Crippen LogP) is 2.27. The average molecular weight is 274 g/mol. The topological polar surface area (TPSA) is 40.5 Å². The van der Waals surface area contributed by atoms with E-state index in [1.54, 1.807) is 18.8 Å². The van der Waals surface area contributed by atoms with Crippen LogP contribution in [0.3, 0.4) is 0 Å². The molecule has 0 aromatic heterocycles. The summed E-state index contributed by atoms with van der Waals surface area (Å²) in [5, 5.41) is 9.43. The summed E-state index contributed by atoms with van der Waals surface area (Å²) in [5.74, 6) is 0.733. The van der Waals surface area contributed by atoms with Crippen molar-refractivity contribution in [3.05, 3.63) is 29.3 Å². The number of amides is 1. The Morgan fingerprint density at radius 2 is 2.18 bits per heavy atom. The highest BCUT2D eigenvalue weighted by Gasteiger charge is 2.08. The van der Waals surface area contributed by atoms with Gasteiger partial charge in [-0.25, -0.2) is 0 Å². The molecule has 0 aliphatic heterocycles. The third-order valence-corrected chi connectivity index (χ3v) is 3.79. The zero-order valence-electron chi connectivity index (χ0n) is 9.73. The van der Waals surface area contributed by atoms with Crippen LogP contribution in [0, 0.1) is 0 Å². The first-order chi connectivity index (χ1) is 8.15. The summed E-state index contributed by atoms with van der Waals surface area (Å²) in [5.41, 5.74) is 0. The van der Waals surface area contributed by atoms with Crippen molar-refractivity contribution in [1.29, 1.82) is 0 Å². The number of halogens is 1. The van der Waals surface area contributed by atoms with E-state index >= 15 is 0 Å². The minimum absolute atomic E-state index is 0.000103. The second-order valence-corrected chi connectivity index (χ2v) is 5.11. The first-order valence-electron chi connectivity index (χ1n) is 5.37. The molecule has 0 fully saturated rings. The maximum atomic E-state index is 11.6. The molecule has 0 aliphatic carbocycles. The van der Waals surface area contributed by atoms with Crippen LogP contribution >= 0.6 is 23.4 Å². The Balaban J connectivity index is 2.33. The van der Waals surface area contributed by atoms with E-state index in [1.165, 1.54) is 4.90 Å². The van der Waals surface area contributed by atoms with Crippen molar-refractivity contribution >= 4 is 29.3 Å². The highest BCUT2D eigenvalue weighted by Crippen LogP contribution is 2.26. The number of hydrogen-bond acceptors (Lipinski definition) is 3. The number of carbonyl (C=O) groups is 1. The van der Waals surface area contributed by atoms with Crippen molar-refractivity contribution in [3.63, 3.8) is 0 Å². The lowest BCUT2D eigenvalue weighted by molar-refractivity contribution is -0.129. The third-order valence-electron chi connectivity index (χ3n) is 2.27. The lowest BCUT2D eigenvalue weighted by Crippen LogP contribution is -2.29. The van der Waals surface area contributed by atoms with Gasteiger partial charge >= 0.3 is 0 Å². The fourth-order valence-electron chi connectivity index (χ4n) is 1.28. The number of aliphatic hydroxyl groups excluding tert-OH is 1. The van der Waals surface area contributed by atoms with E-state index in [1.807, 2.05) is 24.3 Å². The number of hydrogen-bond donors (Lipinski definition) is 1. The average Bonchev–Trinajstić information content (AvgIpc) is 2.31. The van der Waals surface area contributed by atoms with Crippen LogP contribution in [0.5, 0.6) is 0 Å². The van der Waals surface area contributed by atoms with Gasteiger partial charge in [0.05, 0.1) is 11.6 Å². The smallest absolute Gasteiger partial charge is 0.223 e. The molecule has 0 saturated carbocycles. The largest absolute Gasteiger partial charge is 0.395 e. The lowest BCUT2D eigenvalue weighted by atomic mass is 10.4. The molecule has 17 heavy (non-hydrogen) atoms. The summed E-state index contributed by atoms with van der Waals surface area (Å²) in [6.07, 6.45) is 0.451. The maximum Gasteiger partial charge on any atom is 0.223 e. The van der Waals surface area contributed by atoms with Gasteiger partial charge in [-0.15, -0.1) is 11.8 Å². The summed E-state index contributed by atoms with van der Waals surface area (Å²) < 4.78 is 0. The molecule has 0 saturated heterocycles. The van der Waals surface area contributed by atoms with Gasteiger partial charge in [0.2, 0.25) is 5.91 Å². The molecule has 94 valence electrons. The van der Waals surface area contributed by atoms with E-state index in [4.69, 9.17) is 16.7 Å². The Bertz CT molecular complexity index is 373. The molecule has 1 aromatic carbocycles. The number of thioether (sulfide) groups is 1. The number of aliphatic hydroxyl groups is 1. The van der Waals surface area contributed by atoms with Crippen LogP contribution in [0.15, 0.2) is 29.2 Å². The summed E-state index contributed by atoms with van der Waals surface area (Å²) >= 11 is 7.57. The van der Waals surface area contributed by atoms with Crippen LogP contribution < -0.4 is 0 Å². The SMILES string of the molecule is CN(CCO)C(=O)CCSc1ccccc1Cl. The Morgan fingerprint density at radius 3 is 2.82 bits per heavy atom. The fourth-order valence-corrected chi connectivity index (χ4v) is 2.45. The number of benzene rings is 1. The standard InChI is InChI=1S/C12H16ClNO2S/c1-14(7-8-15)12(16)6-9-17-11-5-3-2-4-10(11)13/h2-5,15H,6-9H2,1H3. The van der Waals surface area contributed by atoms with E-state index in [0.29, 0.717) is 23.7 Å². The van der Waals surface area contributed by atoms with Crippen molar-refractivity contribution in [3.8, 4) is 0 Å². The maximum absolute atomic E-state index is 11.6. The van der Waals surface area contributed by atoms with Crippen molar-refractivity contribution in [2.75, 3.05) is 26.0 Å². The molecule has 0 bridgehead atoms. The molecule has 0 atom stereocenters. The van der Waals surface area contributed by atoms with Gasteiger partial charge in [0.15, 0.2) is 0 Å². The summed E-state index contributed by atoms with van der Waals surface area (Å²) in [6.45, 7) is 0.384. The Labute approximate surface area is 111 Å². The summed E-state index contributed by atoms with van der Waals surface area (Å²) in [4.78, 5) is 14.1. The molecule has 3 nitrogen and oxygen atoms in total. The summed E-state index contributed by atoms with van der Waals surface area (Å²) in [6, 6.07) is 7.58. The molecule has 1 N–H and O–H groups in total. The molecule has 0 heterocycles. The molecule has 1 rings (SSSR count). The van der Waals surface area contributed by atoms with Crippen molar-refractivity contribution in [2.45, 2.75) is 11.3 Å². The van der Waals surface area contributed by atoms with Crippen LogP contribution in [-0.2, 0) is 4.79 Å². The predicted molar refractivity (Wildman–Crippen MR) is 71.5 cm³/mol. The van der Waals surface area contributed by atoms with Gasteiger partial charge in [-0.05, 0) is 12.1 Å². The molecular formula is C12H16ClNO2S. The zero-order valence-corrected chi connectivity index (χ0v) is 11.3. The van der Waals surface area contributed by atoms with E-state index in [-0.39, 0.29) is 12.5 Å². The van der Waals surface area contributed by atoms with Crippen LogP contribution in [0.1, 0.15) is 6.42 Å². The van der Waals surface area contributed by atoms with E-state index in [2.05, 4.69) is 0 Å². The lowest BCUT2D eigenvalue weighted by Gasteiger charge is -2.15. The van der Waals surface area contributed by atoms with Crippen molar-refractivity contribution in [1.82, 2.24) is 4.90 Å². The fraction of sp³-hybridized carbons (Fsp3) is 0.417. The molecule has 1 aromatic rings. The van der Waals surface area contributed by atoms with Crippen LogP contribution in [0.2, 0.25) is 5.02 Å². The molecule has 0 radical (unpaired) electrons. The van der Waals surface area contributed by atoms with E-state index in [0.717, 1.165) is 4.90 Å². The Hall–Kier alpha value is -0.710. The molecule has 0 unspecified atom stereocenters. The van der Waals surface area contributed by atoms with Gasteiger partial charge in [0.25, 0.3) is 0 Å². The summed E-state index contributed by atoms with van der Waals surface area (Å²) in [7, 11) is 1.69. The van der Waals surface area contributed by atoms with Gasteiger partial charge in [-0.2, -0.15) is 0 Å². The van der Waals surface area contributed by atoms with E-state index < -0.39 is 0 Å². The monoisotopic (exact) mass is 273 g/mol. The van der Waals surface area contributed by atoms with Crippen LogP contribution in [0.4, 0.5) is 0 Å². The van der Waals surface area contributed by atoms with Crippen molar-refractivity contribution in [2.24, 2.45) is 0 Å². The highest BCUT2D eigenvalue weighted by molar-refractivity contribution is 7.99. The highest BCUT2D eigenvalue weighted by atomic mass is 35.5. The first kappa shape index (κ1) is 14.4. The minimum atomic E-state index is -0.000103. The molecule has 0 aliphatic rings. The minimum Gasteiger partial charge on any atom is -0.395 e. The Kier molecular flexibility index (Phi) is 6.40. The van der Waals surface area contributed by atoms with Gasteiger partial charge < -0.3 is 10.0 Å². The number of likely N-dealkylation sites (N-methyl/N-ethyl adjacent to an activating group) is 1. The second kappa shape index (κ2) is 7.58.